The molecule has 1 aromatic carbocycles. The first-order chi connectivity index (χ1) is 9.04. The largest absolute Gasteiger partial charge is 0.308 e. The van der Waals surface area contributed by atoms with Gasteiger partial charge in [-0.25, -0.2) is 8.78 Å². The third-order valence-corrected chi connectivity index (χ3v) is 3.45. The lowest BCUT2D eigenvalue weighted by molar-refractivity contribution is 0.574. The minimum atomic E-state index is -0.569. The molecule has 6 heteroatoms. The van der Waals surface area contributed by atoms with Gasteiger partial charge >= 0.3 is 0 Å². The van der Waals surface area contributed by atoms with Crippen molar-refractivity contribution < 1.29 is 8.78 Å². The van der Waals surface area contributed by atoms with E-state index in [1.807, 2.05) is 0 Å². The molecule has 0 fully saturated rings. The van der Waals surface area contributed by atoms with Crippen molar-refractivity contribution in [2.75, 3.05) is 0 Å². The van der Waals surface area contributed by atoms with Crippen LogP contribution in [0.25, 0.3) is 0 Å². The molecule has 1 aromatic heterocycles. The van der Waals surface area contributed by atoms with Crippen LogP contribution in [0.4, 0.5) is 8.78 Å². The molecular weight excluding hydrogens is 268 g/mol. The van der Waals surface area contributed by atoms with Crippen LogP contribution in [-0.2, 0) is 13.0 Å². The highest BCUT2D eigenvalue weighted by molar-refractivity contribution is 7.11. The van der Waals surface area contributed by atoms with E-state index in [2.05, 4.69) is 29.4 Å². The second kappa shape index (κ2) is 6.16. The van der Waals surface area contributed by atoms with Crippen molar-refractivity contribution in [1.29, 1.82) is 0 Å². The van der Waals surface area contributed by atoms with Gasteiger partial charge in [-0.3, -0.25) is 0 Å². The van der Waals surface area contributed by atoms with Crippen LogP contribution in [0.1, 0.15) is 29.4 Å². The number of hydrogen-bond donors (Lipinski definition) is 1. The molecule has 0 saturated heterocycles. The van der Waals surface area contributed by atoms with Gasteiger partial charge in [0.2, 0.25) is 0 Å². The highest BCUT2D eigenvalue weighted by atomic mass is 32.1. The van der Waals surface area contributed by atoms with E-state index in [-0.39, 0.29) is 0 Å². The first kappa shape index (κ1) is 14.0. The Bertz CT molecular complexity index is 555. The number of nitrogens with zero attached hydrogens (tertiary/aromatic N) is 2. The number of benzene rings is 1. The van der Waals surface area contributed by atoms with Gasteiger partial charge in [-0.2, -0.15) is 0 Å². The van der Waals surface area contributed by atoms with Crippen molar-refractivity contribution in [3.8, 4) is 0 Å². The summed E-state index contributed by atoms with van der Waals surface area (Å²) in [6.07, 6.45) is 0.339. The zero-order chi connectivity index (χ0) is 13.8. The van der Waals surface area contributed by atoms with E-state index in [9.17, 15) is 8.78 Å². The summed E-state index contributed by atoms with van der Waals surface area (Å²) in [5.74, 6) is -1.11. The smallest absolute Gasteiger partial charge is 0.131 e. The third kappa shape index (κ3) is 4.04. The fourth-order valence-corrected chi connectivity index (χ4v) is 2.37. The predicted octanol–water partition coefficient (Wildman–Crippen LogP) is 2.91. The number of aromatic nitrogens is 2. The van der Waals surface area contributed by atoms with Crippen LogP contribution in [0.3, 0.4) is 0 Å². The minimum Gasteiger partial charge on any atom is -0.308 e. The Morgan fingerprint density at radius 3 is 2.63 bits per heavy atom. The summed E-state index contributed by atoms with van der Waals surface area (Å²) in [7, 11) is 0. The van der Waals surface area contributed by atoms with Crippen LogP contribution in [0.2, 0.25) is 0 Å². The molecule has 2 aromatic rings. The average molecular weight is 283 g/mol. The van der Waals surface area contributed by atoms with Crippen molar-refractivity contribution in [3.63, 3.8) is 0 Å². The Balaban J connectivity index is 2.03. The Morgan fingerprint density at radius 2 is 1.95 bits per heavy atom. The molecule has 1 N–H and O–H groups in total. The van der Waals surface area contributed by atoms with Crippen LogP contribution >= 0.6 is 11.3 Å². The van der Waals surface area contributed by atoms with Crippen molar-refractivity contribution in [2.45, 2.75) is 32.9 Å². The standard InChI is InChI=1S/C13H15F2N3S/c1-8(2)16-7-13-18-17-12(19-13)5-9-3-4-10(14)6-11(9)15/h3-4,6,8,16H,5,7H2,1-2H3. The fraction of sp³-hybridized carbons (Fsp3) is 0.385. The van der Waals surface area contributed by atoms with E-state index in [0.29, 0.717) is 24.6 Å². The number of rotatable bonds is 5. The first-order valence-electron chi connectivity index (χ1n) is 6.03. The van der Waals surface area contributed by atoms with Gasteiger partial charge in [0.15, 0.2) is 0 Å². The molecule has 0 aliphatic carbocycles. The Morgan fingerprint density at radius 1 is 1.21 bits per heavy atom. The summed E-state index contributed by atoms with van der Waals surface area (Å²) >= 11 is 1.44. The molecule has 0 unspecified atom stereocenters. The topological polar surface area (TPSA) is 37.8 Å². The number of halogens is 2. The second-order valence-electron chi connectivity index (χ2n) is 4.54. The van der Waals surface area contributed by atoms with Crippen LogP contribution < -0.4 is 5.32 Å². The highest BCUT2D eigenvalue weighted by Gasteiger charge is 2.09. The lowest BCUT2D eigenvalue weighted by atomic mass is 10.1. The maximum Gasteiger partial charge on any atom is 0.131 e. The summed E-state index contributed by atoms with van der Waals surface area (Å²) in [5.41, 5.74) is 0.431. The normalized spacial score (nSPS) is 11.2. The summed E-state index contributed by atoms with van der Waals surface area (Å²) in [6.45, 7) is 4.76. The van der Waals surface area contributed by atoms with Gasteiger partial charge in [0.1, 0.15) is 21.6 Å². The van der Waals surface area contributed by atoms with Gasteiger partial charge in [0.25, 0.3) is 0 Å². The molecule has 2 rings (SSSR count). The van der Waals surface area contributed by atoms with E-state index in [4.69, 9.17) is 0 Å². The molecule has 0 radical (unpaired) electrons. The molecule has 0 spiro atoms. The molecule has 0 bridgehead atoms. The SMILES string of the molecule is CC(C)NCc1nnc(Cc2ccc(F)cc2F)s1. The van der Waals surface area contributed by atoms with E-state index < -0.39 is 11.6 Å². The Labute approximate surface area is 114 Å². The molecule has 0 aliphatic heterocycles. The van der Waals surface area contributed by atoms with E-state index in [1.54, 1.807) is 0 Å². The molecule has 0 atom stereocenters. The Kier molecular flexibility index (Phi) is 4.55. The summed E-state index contributed by atoms with van der Waals surface area (Å²) in [6, 6.07) is 3.96. The fourth-order valence-electron chi connectivity index (χ4n) is 1.55. The van der Waals surface area contributed by atoms with Crippen LogP contribution in [0.15, 0.2) is 18.2 Å². The van der Waals surface area contributed by atoms with Crippen LogP contribution in [-0.4, -0.2) is 16.2 Å². The monoisotopic (exact) mass is 283 g/mol. The number of nitrogens with one attached hydrogen (secondary N) is 1. The molecule has 1 heterocycles. The van der Waals surface area contributed by atoms with Crippen molar-refractivity contribution in [3.05, 3.63) is 45.4 Å². The lowest BCUT2D eigenvalue weighted by Gasteiger charge is -2.03. The molecule has 19 heavy (non-hydrogen) atoms. The molecule has 0 saturated carbocycles. The molecule has 3 nitrogen and oxygen atoms in total. The zero-order valence-corrected chi connectivity index (χ0v) is 11.6. The quantitative estimate of drug-likeness (QED) is 0.917. The van der Waals surface area contributed by atoms with Crippen molar-refractivity contribution in [1.82, 2.24) is 15.5 Å². The minimum absolute atomic E-state index is 0.339. The second-order valence-corrected chi connectivity index (χ2v) is 5.68. The Hall–Kier alpha value is -1.40. The molecule has 0 amide bonds. The summed E-state index contributed by atoms with van der Waals surface area (Å²) in [5, 5.41) is 12.9. The predicted molar refractivity (Wildman–Crippen MR) is 71.0 cm³/mol. The van der Waals surface area contributed by atoms with Gasteiger partial charge in [-0.15, -0.1) is 10.2 Å². The maximum absolute atomic E-state index is 13.5. The van der Waals surface area contributed by atoms with E-state index in [0.717, 1.165) is 16.1 Å². The highest BCUT2D eigenvalue weighted by Crippen LogP contribution is 2.17. The van der Waals surface area contributed by atoms with Crippen LogP contribution in [0, 0.1) is 11.6 Å². The zero-order valence-electron chi connectivity index (χ0n) is 10.8. The van der Waals surface area contributed by atoms with Gasteiger partial charge in [-0.1, -0.05) is 31.3 Å². The lowest BCUT2D eigenvalue weighted by Crippen LogP contribution is -2.21. The van der Waals surface area contributed by atoms with Gasteiger partial charge in [0.05, 0.1) is 0 Å². The van der Waals surface area contributed by atoms with Gasteiger partial charge in [0, 0.05) is 25.1 Å². The van der Waals surface area contributed by atoms with E-state index in [1.165, 1.54) is 23.5 Å². The van der Waals surface area contributed by atoms with E-state index >= 15 is 0 Å². The first-order valence-corrected chi connectivity index (χ1v) is 6.85. The molecule has 0 aliphatic rings. The summed E-state index contributed by atoms with van der Waals surface area (Å²) < 4.78 is 26.3. The number of hydrogen-bond acceptors (Lipinski definition) is 4. The van der Waals surface area contributed by atoms with Crippen molar-refractivity contribution >= 4 is 11.3 Å². The van der Waals surface area contributed by atoms with Crippen molar-refractivity contribution in [2.24, 2.45) is 0 Å². The van der Waals surface area contributed by atoms with Gasteiger partial charge < -0.3 is 5.32 Å². The van der Waals surface area contributed by atoms with Gasteiger partial charge in [-0.05, 0) is 11.6 Å². The average Bonchev–Trinajstić information content (AvgIpc) is 2.78. The molecular formula is C13H15F2N3S. The summed E-state index contributed by atoms with van der Waals surface area (Å²) in [4.78, 5) is 0. The third-order valence-electron chi connectivity index (χ3n) is 2.53. The maximum atomic E-state index is 13.5. The molecule has 102 valence electrons. The van der Waals surface area contributed by atoms with Crippen LogP contribution in [0.5, 0.6) is 0 Å².